The van der Waals surface area contributed by atoms with Gasteiger partial charge in [0.25, 0.3) is 0 Å². The molecule has 0 unspecified atom stereocenters. The predicted octanol–water partition coefficient (Wildman–Crippen LogP) is 3.87. The number of hydrazine groups is 1. The Bertz CT molecular complexity index is 938. The molecule has 5 N–H and O–H groups in total. The summed E-state index contributed by atoms with van der Waals surface area (Å²) in [6.07, 6.45) is 0. The minimum atomic E-state index is -0.0821. The molecule has 0 aliphatic rings. The first-order valence-corrected chi connectivity index (χ1v) is 8.42. The van der Waals surface area contributed by atoms with Crippen LogP contribution in [0.5, 0.6) is 11.6 Å². The molecule has 9 heteroatoms. The second-order valence-electron chi connectivity index (χ2n) is 4.93. The molecule has 0 fully saturated rings. The molecule has 0 amide bonds. The van der Waals surface area contributed by atoms with E-state index in [0.29, 0.717) is 5.69 Å². The summed E-state index contributed by atoms with van der Waals surface area (Å²) < 4.78 is 5.17. The zero-order chi connectivity index (χ0) is 17.8. The van der Waals surface area contributed by atoms with Crippen molar-refractivity contribution >= 4 is 45.7 Å². The molecule has 0 saturated carbocycles. The maximum Gasteiger partial charge on any atom is 0.227 e. The summed E-state index contributed by atoms with van der Waals surface area (Å²) in [7, 11) is 1.63. The summed E-state index contributed by atoms with van der Waals surface area (Å²) >= 11 is 6.39. The fraction of sp³-hybridized carbons (Fsp3) is 0.0625. The van der Waals surface area contributed by atoms with Crippen LogP contribution in [0.2, 0.25) is 0 Å². The van der Waals surface area contributed by atoms with Crippen molar-refractivity contribution in [3.63, 3.8) is 0 Å². The number of thiocarbonyl (C=S) groups is 1. The van der Waals surface area contributed by atoms with Crippen molar-refractivity contribution in [3.8, 4) is 11.6 Å². The molecule has 2 aromatic carbocycles. The van der Waals surface area contributed by atoms with Gasteiger partial charge in [0.15, 0.2) is 5.69 Å². The van der Waals surface area contributed by atoms with E-state index >= 15 is 0 Å². The number of aromatic nitrogens is 1. The number of aromatic hydroxyl groups is 1. The maximum atomic E-state index is 10.1. The zero-order valence-electron chi connectivity index (χ0n) is 13.2. The minimum absolute atomic E-state index is 0.0223. The number of ether oxygens (including phenoxy) is 1. The third kappa shape index (κ3) is 3.73. The minimum Gasteiger partial charge on any atom is -0.497 e. The van der Waals surface area contributed by atoms with Gasteiger partial charge in [0.05, 0.1) is 12.6 Å². The number of methoxy groups -OCH3 is 1. The standard InChI is InChI=1S/C16H15N5O2S2/c1-23-9-5-7-10(8-6-9)25-12-4-2-3-11-13(12)14(15(22)18-11)20-21-16(24)19-17/h2-8,18,22H,17H2,1H3,(H,19,24). The smallest absolute Gasteiger partial charge is 0.227 e. The number of fused-ring (bicyclic) bond motifs is 1. The number of azo groups is 1. The lowest BCUT2D eigenvalue weighted by Crippen LogP contribution is -2.26. The molecule has 7 nitrogen and oxygen atoms in total. The lowest BCUT2D eigenvalue weighted by Gasteiger charge is -2.05. The first kappa shape index (κ1) is 17.2. The molecular formula is C16H15N5O2S2. The molecule has 3 aromatic rings. The van der Waals surface area contributed by atoms with E-state index < -0.39 is 0 Å². The summed E-state index contributed by atoms with van der Waals surface area (Å²) in [5.74, 6) is 5.90. The van der Waals surface area contributed by atoms with Crippen molar-refractivity contribution in [1.29, 1.82) is 0 Å². The molecule has 0 radical (unpaired) electrons. The molecular weight excluding hydrogens is 358 g/mol. The molecule has 128 valence electrons. The Balaban J connectivity index is 2.02. The van der Waals surface area contributed by atoms with Gasteiger partial charge in [-0.1, -0.05) is 17.8 Å². The SMILES string of the molecule is COc1ccc(Sc2cccc3[nH]c(O)c(N=NC(=S)NN)c23)cc1. The molecule has 0 spiro atoms. The van der Waals surface area contributed by atoms with Crippen molar-refractivity contribution in [1.82, 2.24) is 10.4 Å². The first-order valence-electron chi connectivity index (χ1n) is 7.20. The van der Waals surface area contributed by atoms with Crippen LogP contribution in [0.15, 0.2) is 62.5 Å². The highest BCUT2D eigenvalue weighted by atomic mass is 32.2. The Hall–Kier alpha value is -2.62. The largest absolute Gasteiger partial charge is 0.497 e. The molecule has 1 heterocycles. The van der Waals surface area contributed by atoms with Gasteiger partial charge in [-0.2, -0.15) is 0 Å². The number of H-pyrrole nitrogens is 1. The van der Waals surface area contributed by atoms with Crippen molar-refractivity contribution < 1.29 is 9.84 Å². The van der Waals surface area contributed by atoms with Gasteiger partial charge in [0.1, 0.15) is 5.75 Å². The summed E-state index contributed by atoms with van der Waals surface area (Å²) in [4.78, 5) is 4.83. The first-order chi connectivity index (χ1) is 12.1. The lowest BCUT2D eigenvalue weighted by atomic mass is 10.2. The summed E-state index contributed by atoms with van der Waals surface area (Å²) in [5, 5.41) is 18.7. The maximum absolute atomic E-state index is 10.1. The quantitative estimate of drug-likeness (QED) is 0.239. The Morgan fingerprint density at radius 1 is 1.28 bits per heavy atom. The van der Waals surface area contributed by atoms with Gasteiger partial charge in [-0.25, -0.2) is 5.84 Å². The number of hydrogen-bond acceptors (Lipinski definition) is 6. The molecule has 0 atom stereocenters. The van der Waals surface area contributed by atoms with E-state index in [4.69, 9.17) is 22.8 Å². The van der Waals surface area contributed by atoms with Crippen LogP contribution in [0.4, 0.5) is 5.69 Å². The average molecular weight is 373 g/mol. The number of hydrogen-bond donors (Lipinski definition) is 4. The zero-order valence-corrected chi connectivity index (χ0v) is 14.8. The van der Waals surface area contributed by atoms with E-state index in [1.165, 1.54) is 0 Å². The van der Waals surface area contributed by atoms with Crippen LogP contribution < -0.4 is 16.0 Å². The van der Waals surface area contributed by atoms with Crippen LogP contribution in [0, 0.1) is 0 Å². The predicted molar refractivity (Wildman–Crippen MR) is 102 cm³/mol. The van der Waals surface area contributed by atoms with Crippen molar-refractivity contribution in [2.24, 2.45) is 16.1 Å². The summed E-state index contributed by atoms with van der Waals surface area (Å²) in [6.45, 7) is 0. The Labute approximate surface area is 153 Å². The summed E-state index contributed by atoms with van der Waals surface area (Å²) in [5.41, 5.74) is 3.28. The topological polar surface area (TPSA) is 108 Å². The van der Waals surface area contributed by atoms with E-state index in [0.717, 1.165) is 26.4 Å². The second-order valence-corrected chi connectivity index (χ2v) is 6.43. The van der Waals surface area contributed by atoms with Crippen molar-refractivity contribution in [3.05, 3.63) is 42.5 Å². The van der Waals surface area contributed by atoms with Gasteiger partial charge in [0, 0.05) is 15.2 Å². The van der Waals surface area contributed by atoms with Crippen molar-refractivity contribution in [2.75, 3.05) is 7.11 Å². The number of nitrogens with zero attached hydrogens (tertiary/aromatic N) is 2. The fourth-order valence-electron chi connectivity index (χ4n) is 2.26. The monoisotopic (exact) mass is 373 g/mol. The van der Waals surface area contributed by atoms with Gasteiger partial charge >= 0.3 is 0 Å². The van der Waals surface area contributed by atoms with E-state index in [2.05, 4.69) is 20.6 Å². The third-order valence-corrected chi connectivity index (χ3v) is 4.66. The van der Waals surface area contributed by atoms with Gasteiger partial charge in [0.2, 0.25) is 11.0 Å². The molecule has 0 bridgehead atoms. The molecule has 0 aliphatic heterocycles. The van der Waals surface area contributed by atoms with Gasteiger partial charge < -0.3 is 14.8 Å². The number of rotatable bonds is 4. The normalized spacial score (nSPS) is 11.1. The third-order valence-electron chi connectivity index (χ3n) is 3.39. The molecule has 25 heavy (non-hydrogen) atoms. The Morgan fingerprint density at radius 2 is 2.04 bits per heavy atom. The van der Waals surface area contributed by atoms with Gasteiger partial charge in [-0.15, -0.1) is 10.2 Å². The van der Waals surface area contributed by atoms with E-state index in [9.17, 15) is 5.11 Å². The average Bonchev–Trinajstić information content (AvgIpc) is 2.96. The van der Waals surface area contributed by atoms with Gasteiger partial charge in [-0.05, 0) is 48.6 Å². The Morgan fingerprint density at radius 3 is 2.72 bits per heavy atom. The second kappa shape index (κ2) is 7.51. The molecule has 0 saturated heterocycles. The van der Waals surface area contributed by atoms with Crippen LogP contribution in [-0.4, -0.2) is 22.3 Å². The van der Waals surface area contributed by atoms with E-state index in [1.54, 1.807) is 18.9 Å². The molecule has 3 rings (SSSR count). The number of benzene rings is 2. The lowest BCUT2D eigenvalue weighted by molar-refractivity contribution is 0.414. The van der Waals surface area contributed by atoms with Crippen LogP contribution in [0.25, 0.3) is 10.9 Å². The van der Waals surface area contributed by atoms with Crippen LogP contribution in [0.3, 0.4) is 0 Å². The Kier molecular flexibility index (Phi) is 5.17. The highest BCUT2D eigenvalue weighted by Crippen LogP contribution is 2.43. The van der Waals surface area contributed by atoms with Gasteiger partial charge in [-0.3, -0.25) is 5.43 Å². The fourth-order valence-corrected chi connectivity index (χ4v) is 3.28. The highest BCUT2D eigenvalue weighted by molar-refractivity contribution is 7.99. The molecule has 1 aromatic heterocycles. The highest BCUT2D eigenvalue weighted by Gasteiger charge is 2.15. The van der Waals surface area contributed by atoms with Crippen LogP contribution >= 0.6 is 24.0 Å². The van der Waals surface area contributed by atoms with Crippen LogP contribution in [0.1, 0.15) is 0 Å². The summed E-state index contributed by atoms with van der Waals surface area (Å²) in [6, 6.07) is 13.4. The van der Waals surface area contributed by atoms with E-state index in [-0.39, 0.29) is 11.0 Å². The number of nitrogens with two attached hydrogens (primary N) is 1. The molecule has 0 aliphatic carbocycles. The van der Waals surface area contributed by atoms with Crippen molar-refractivity contribution in [2.45, 2.75) is 9.79 Å². The number of nitrogens with one attached hydrogen (secondary N) is 2. The van der Waals surface area contributed by atoms with Crippen LogP contribution in [-0.2, 0) is 0 Å². The van der Waals surface area contributed by atoms with E-state index in [1.807, 2.05) is 42.5 Å². The number of aromatic amines is 1.